The van der Waals surface area contributed by atoms with Crippen molar-refractivity contribution in [2.24, 2.45) is 0 Å². The molecule has 3 heteroatoms. The molecule has 0 amide bonds. The Balaban J connectivity index is 2.38. The fraction of sp³-hybridized carbons (Fsp3) is 0.385. The summed E-state index contributed by atoms with van der Waals surface area (Å²) in [5.74, 6) is 0. The van der Waals surface area contributed by atoms with Crippen LogP contribution >= 0.6 is 34.8 Å². The largest absolute Gasteiger partial charge is 0.118 e. The minimum absolute atomic E-state index is 0.118. The molecule has 0 spiro atoms. The van der Waals surface area contributed by atoms with E-state index in [0.29, 0.717) is 10.0 Å². The Kier molecular flexibility index (Phi) is 4.18. The lowest BCUT2D eigenvalue weighted by Gasteiger charge is -2.09. The van der Waals surface area contributed by atoms with Gasteiger partial charge in [0.25, 0.3) is 0 Å². The first kappa shape index (κ1) is 12.3. The molecule has 1 unspecified atom stereocenters. The molecule has 1 aromatic carbocycles. The molecule has 0 saturated carbocycles. The molecule has 0 radical (unpaired) electrons. The number of halogens is 3. The van der Waals surface area contributed by atoms with Crippen LogP contribution in [0.3, 0.4) is 0 Å². The third-order valence-corrected chi connectivity index (χ3v) is 4.02. The lowest BCUT2D eigenvalue weighted by Crippen LogP contribution is -1.92. The topological polar surface area (TPSA) is 0 Å². The van der Waals surface area contributed by atoms with Crippen molar-refractivity contribution in [1.82, 2.24) is 0 Å². The average Bonchev–Trinajstić information content (AvgIpc) is 2.47. The SMILES string of the molecule is Clc1cccc(C2=CC(Cl)CCCC2)c1Cl. The van der Waals surface area contributed by atoms with Crippen LogP contribution in [0.15, 0.2) is 24.3 Å². The molecule has 0 saturated heterocycles. The van der Waals surface area contributed by atoms with Crippen LogP contribution in [0.1, 0.15) is 31.2 Å². The summed E-state index contributed by atoms with van der Waals surface area (Å²) in [5.41, 5.74) is 2.26. The van der Waals surface area contributed by atoms with E-state index in [1.54, 1.807) is 0 Å². The Labute approximate surface area is 111 Å². The molecule has 0 aliphatic heterocycles. The van der Waals surface area contributed by atoms with Gasteiger partial charge in [0.05, 0.1) is 15.4 Å². The van der Waals surface area contributed by atoms with Gasteiger partial charge in [-0.15, -0.1) is 11.6 Å². The summed E-state index contributed by atoms with van der Waals surface area (Å²) < 4.78 is 0. The second-order valence-corrected chi connectivity index (χ2v) is 5.40. The number of rotatable bonds is 1. The van der Waals surface area contributed by atoms with Gasteiger partial charge in [0, 0.05) is 0 Å². The van der Waals surface area contributed by atoms with E-state index in [2.05, 4.69) is 6.08 Å². The third-order valence-electron chi connectivity index (χ3n) is 2.86. The Morgan fingerprint density at radius 2 is 1.94 bits per heavy atom. The van der Waals surface area contributed by atoms with Gasteiger partial charge in [-0.25, -0.2) is 0 Å². The maximum atomic E-state index is 6.21. The highest BCUT2D eigenvalue weighted by atomic mass is 35.5. The average molecular weight is 276 g/mol. The number of hydrogen-bond donors (Lipinski definition) is 0. The zero-order valence-corrected chi connectivity index (χ0v) is 11.1. The summed E-state index contributed by atoms with van der Waals surface area (Å²) in [6, 6.07) is 5.75. The van der Waals surface area contributed by atoms with Crippen molar-refractivity contribution in [3.63, 3.8) is 0 Å². The molecule has 0 fully saturated rings. The molecule has 0 bridgehead atoms. The quantitative estimate of drug-likeness (QED) is 0.589. The van der Waals surface area contributed by atoms with Crippen LogP contribution in [-0.4, -0.2) is 5.38 Å². The first-order valence-corrected chi connectivity index (χ1v) is 6.67. The highest BCUT2D eigenvalue weighted by molar-refractivity contribution is 6.43. The lowest BCUT2D eigenvalue weighted by molar-refractivity contribution is 0.724. The van der Waals surface area contributed by atoms with Crippen LogP contribution in [0.25, 0.3) is 5.57 Å². The van der Waals surface area contributed by atoms with Crippen molar-refractivity contribution in [2.75, 3.05) is 0 Å². The van der Waals surface area contributed by atoms with E-state index in [9.17, 15) is 0 Å². The van der Waals surface area contributed by atoms with Gasteiger partial charge in [0.2, 0.25) is 0 Å². The molecule has 0 heterocycles. The Hall–Kier alpha value is -0.170. The smallest absolute Gasteiger partial charge is 0.0667 e. The van der Waals surface area contributed by atoms with Crippen LogP contribution in [0.5, 0.6) is 0 Å². The summed E-state index contributed by atoms with van der Waals surface area (Å²) in [6.45, 7) is 0. The summed E-state index contributed by atoms with van der Waals surface area (Å²) in [7, 11) is 0. The Bertz CT molecular complexity index is 410. The van der Waals surface area contributed by atoms with Gasteiger partial charge in [0.1, 0.15) is 0 Å². The molecular weight excluding hydrogens is 263 g/mol. The van der Waals surface area contributed by atoms with E-state index < -0.39 is 0 Å². The predicted octanol–water partition coefficient (Wildman–Crippen LogP) is 5.56. The molecule has 2 rings (SSSR count). The molecule has 0 aromatic heterocycles. The van der Waals surface area contributed by atoms with Crippen LogP contribution in [0.2, 0.25) is 10.0 Å². The first-order chi connectivity index (χ1) is 7.68. The molecule has 0 N–H and O–H groups in total. The summed E-state index contributed by atoms with van der Waals surface area (Å²) >= 11 is 18.4. The fourth-order valence-corrected chi connectivity index (χ4v) is 2.74. The van der Waals surface area contributed by atoms with Gasteiger partial charge in [-0.3, -0.25) is 0 Å². The molecule has 1 aliphatic rings. The molecule has 86 valence electrons. The number of allylic oxidation sites excluding steroid dienone is 2. The molecule has 16 heavy (non-hydrogen) atoms. The maximum Gasteiger partial charge on any atom is 0.0667 e. The van der Waals surface area contributed by atoms with Crippen molar-refractivity contribution in [1.29, 1.82) is 0 Å². The standard InChI is InChI=1S/C13H13Cl3/c14-10-5-2-1-4-9(8-10)11-6-3-7-12(15)13(11)16/h3,6-8,10H,1-2,4-5H2. The zero-order chi connectivity index (χ0) is 11.5. The van der Waals surface area contributed by atoms with E-state index in [4.69, 9.17) is 34.8 Å². The third kappa shape index (κ3) is 2.74. The lowest BCUT2D eigenvalue weighted by atomic mass is 10.0. The van der Waals surface area contributed by atoms with Gasteiger partial charge in [-0.2, -0.15) is 0 Å². The minimum Gasteiger partial charge on any atom is -0.118 e. The van der Waals surface area contributed by atoms with E-state index >= 15 is 0 Å². The van der Waals surface area contributed by atoms with E-state index in [-0.39, 0.29) is 5.38 Å². The van der Waals surface area contributed by atoms with E-state index in [0.717, 1.165) is 24.8 Å². The summed E-state index contributed by atoms with van der Waals surface area (Å²) in [5, 5.41) is 1.36. The summed E-state index contributed by atoms with van der Waals surface area (Å²) in [6.07, 6.45) is 6.53. The predicted molar refractivity (Wildman–Crippen MR) is 72.5 cm³/mol. The number of hydrogen-bond acceptors (Lipinski definition) is 0. The number of alkyl halides is 1. The Morgan fingerprint density at radius 3 is 2.75 bits per heavy atom. The van der Waals surface area contributed by atoms with Crippen LogP contribution in [-0.2, 0) is 0 Å². The van der Waals surface area contributed by atoms with Crippen molar-refractivity contribution in [3.05, 3.63) is 39.9 Å². The van der Waals surface area contributed by atoms with Gasteiger partial charge in [0.15, 0.2) is 0 Å². The van der Waals surface area contributed by atoms with Gasteiger partial charge >= 0.3 is 0 Å². The van der Waals surface area contributed by atoms with Crippen molar-refractivity contribution >= 4 is 40.4 Å². The normalized spacial score (nSPS) is 21.4. The van der Waals surface area contributed by atoms with E-state index in [1.165, 1.54) is 12.0 Å². The van der Waals surface area contributed by atoms with Gasteiger partial charge < -0.3 is 0 Å². The van der Waals surface area contributed by atoms with Crippen molar-refractivity contribution in [2.45, 2.75) is 31.1 Å². The molecule has 1 aromatic rings. The van der Waals surface area contributed by atoms with Crippen LogP contribution in [0.4, 0.5) is 0 Å². The molecule has 0 nitrogen and oxygen atoms in total. The second kappa shape index (κ2) is 5.44. The number of benzene rings is 1. The molecule has 1 atom stereocenters. The second-order valence-electron chi connectivity index (χ2n) is 4.06. The molecule has 1 aliphatic carbocycles. The Morgan fingerprint density at radius 1 is 1.12 bits per heavy atom. The minimum atomic E-state index is 0.118. The van der Waals surface area contributed by atoms with Gasteiger partial charge in [-0.1, -0.05) is 47.8 Å². The van der Waals surface area contributed by atoms with Crippen molar-refractivity contribution < 1.29 is 0 Å². The first-order valence-electron chi connectivity index (χ1n) is 5.47. The summed E-state index contributed by atoms with van der Waals surface area (Å²) in [4.78, 5) is 0. The molecular formula is C13H13Cl3. The van der Waals surface area contributed by atoms with E-state index in [1.807, 2.05) is 18.2 Å². The maximum absolute atomic E-state index is 6.21. The highest BCUT2D eigenvalue weighted by Crippen LogP contribution is 2.35. The van der Waals surface area contributed by atoms with Crippen LogP contribution in [0, 0.1) is 0 Å². The van der Waals surface area contributed by atoms with Crippen molar-refractivity contribution in [3.8, 4) is 0 Å². The highest BCUT2D eigenvalue weighted by Gasteiger charge is 2.14. The fourth-order valence-electron chi connectivity index (χ4n) is 2.02. The van der Waals surface area contributed by atoms with Crippen LogP contribution < -0.4 is 0 Å². The van der Waals surface area contributed by atoms with Gasteiger partial charge in [-0.05, 0) is 36.5 Å². The monoisotopic (exact) mass is 274 g/mol. The zero-order valence-electron chi connectivity index (χ0n) is 8.85.